The number of halogens is 2. The zero-order chi connectivity index (χ0) is 13.9. The molecule has 0 bridgehead atoms. The minimum absolute atomic E-state index is 0.384. The Bertz CT molecular complexity index is 592. The molecule has 2 nitrogen and oxygen atoms in total. The average Bonchev–Trinajstić information content (AvgIpc) is 2.46. The number of alkyl halides is 1. The molecule has 1 heterocycles. The minimum atomic E-state index is 0.384. The van der Waals surface area contributed by atoms with Crippen LogP contribution in [0.4, 0.5) is 5.69 Å². The van der Waals surface area contributed by atoms with E-state index in [4.69, 9.17) is 23.2 Å². The topological polar surface area (TPSA) is 24.9 Å². The molecular formula is C16H18Cl2N2. The highest BCUT2D eigenvalue weighted by atomic mass is 35.5. The first-order valence-electron chi connectivity index (χ1n) is 7.14. The molecule has 106 valence electrons. The fourth-order valence-corrected chi connectivity index (χ4v) is 3.27. The van der Waals surface area contributed by atoms with E-state index in [2.05, 4.69) is 10.3 Å². The summed E-state index contributed by atoms with van der Waals surface area (Å²) in [6.07, 6.45) is 6.55. The lowest BCUT2D eigenvalue weighted by Gasteiger charge is -2.25. The van der Waals surface area contributed by atoms with Gasteiger partial charge in [-0.2, -0.15) is 0 Å². The van der Waals surface area contributed by atoms with Crippen molar-refractivity contribution < 1.29 is 0 Å². The Balaban J connectivity index is 1.71. The number of hydrogen-bond donors (Lipinski definition) is 1. The number of fused-ring (bicyclic) bond motifs is 1. The van der Waals surface area contributed by atoms with Gasteiger partial charge in [-0.05, 0) is 55.9 Å². The molecule has 1 aromatic heterocycles. The van der Waals surface area contributed by atoms with Crippen LogP contribution in [0.15, 0.2) is 30.5 Å². The van der Waals surface area contributed by atoms with Crippen molar-refractivity contribution in [3.63, 3.8) is 0 Å². The Hall–Kier alpha value is -0.990. The SMILES string of the molecule is Clc1ccc2c(NCC3CCC(Cl)CC3)ccnc2c1. The second-order valence-electron chi connectivity index (χ2n) is 5.52. The number of rotatable bonds is 3. The number of hydrogen-bond acceptors (Lipinski definition) is 2. The van der Waals surface area contributed by atoms with Gasteiger partial charge in [0.05, 0.1) is 5.52 Å². The van der Waals surface area contributed by atoms with E-state index in [1.807, 2.05) is 30.5 Å². The number of nitrogens with zero attached hydrogens (tertiary/aromatic N) is 1. The van der Waals surface area contributed by atoms with Crippen molar-refractivity contribution >= 4 is 39.8 Å². The third-order valence-electron chi connectivity index (χ3n) is 4.06. The fraction of sp³-hybridized carbons (Fsp3) is 0.438. The molecule has 1 N–H and O–H groups in total. The van der Waals surface area contributed by atoms with Crippen LogP contribution in [-0.4, -0.2) is 16.9 Å². The summed E-state index contributed by atoms with van der Waals surface area (Å²) in [5, 5.41) is 5.80. The first-order valence-corrected chi connectivity index (χ1v) is 7.96. The van der Waals surface area contributed by atoms with Gasteiger partial charge < -0.3 is 5.32 Å². The molecule has 1 aromatic carbocycles. The Morgan fingerprint density at radius 3 is 2.75 bits per heavy atom. The Labute approximate surface area is 129 Å². The summed E-state index contributed by atoms with van der Waals surface area (Å²) in [7, 11) is 0. The van der Waals surface area contributed by atoms with Crippen molar-refractivity contribution in [1.29, 1.82) is 0 Å². The molecule has 0 amide bonds. The molecule has 3 rings (SSSR count). The largest absolute Gasteiger partial charge is 0.384 e. The monoisotopic (exact) mass is 308 g/mol. The third kappa shape index (κ3) is 3.18. The van der Waals surface area contributed by atoms with E-state index in [1.54, 1.807) is 0 Å². The van der Waals surface area contributed by atoms with Crippen LogP contribution in [0.5, 0.6) is 0 Å². The van der Waals surface area contributed by atoms with E-state index >= 15 is 0 Å². The zero-order valence-electron chi connectivity index (χ0n) is 11.3. The van der Waals surface area contributed by atoms with Crippen LogP contribution in [0.2, 0.25) is 5.02 Å². The molecule has 0 aliphatic heterocycles. The van der Waals surface area contributed by atoms with Crippen molar-refractivity contribution in [2.24, 2.45) is 5.92 Å². The van der Waals surface area contributed by atoms with Crippen molar-refractivity contribution in [3.8, 4) is 0 Å². The van der Waals surface area contributed by atoms with E-state index in [0.29, 0.717) is 5.38 Å². The Kier molecular flexibility index (Phi) is 4.32. The summed E-state index contributed by atoms with van der Waals surface area (Å²) in [6, 6.07) is 7.88. The van der Waals surface area contributed by atoms with Crippen LogP contribution >= 0.6 is 23.2 Å². The maximum Gasteiger partial charge on any atom is 0.0737 e. The zero-order valence-corrected chi connectivity index (χ0v) is 12.8. The van der Waals surface area contributed by atoms with Crippen molar-refractivity contribution in [3.05, 3.63) is 35.5 Å². The molecule has 1 aliphatic rings. The standard InChI is InChI=1S/C16H18Cl2N2/c17-12-3-1-11(2-4-12)10-20-15-7-8-19-16-9-13(18)5-6-14(15)16/h5-9,11-12H,1-4,10H2,(H,19,20). The van der Waals surface area contributed by atoms with Crippen molar-refractivity contribution in [2.45, 2.75) is 31.1 Å². The van der Waals surface area contributed by atoms with Crippen LogP contribution in [-0.2, 0) is 0 Å². The molecule has 1 aliphatic carbocycles. The van der Waals surface area contributed by atoms with Gasteiger partial charge in [-0.15, -0.1) is 11.6 Å². The molecule has 1 fully saturated rings. The molecular weight excluding hydrogens is 291 g/mol. The summed E-state index contributed by atoms with van der Waals surface area (Å²) in [5.41, 5.74) is 2.08. The summed E-state index contributed by atoms with van der Waals surface area (Å²) in [5.74, 6) is 0.723. The number of benzene rings is 1. The van der Waals surface area contributed by atoms with Gasteiger partial charge in [0.1, 0.15) is 0 Å². The van der Waals surface area contributed by atoms with Gasteiger partial charge in [-0.25, -0.2) is 0 Å². The highest BCUT2D eigenvalue weighted by Crippen LogP contribution is 2.29. The highest BCUT2D eigenvalue weighted by molar-refractivity contribution is 6.31. The van der Waals surface area contributed by atoms with Gasteiger partial charge >= 0.3 is 0 Å². The molecule has 0 unspecified atom stereocenters. The smallest absolute Gasteiger partial charge is 0.0737 e. The van der Waals surface area contributed by atoms with Gasteiger partial charge in [0.2, 0.25) is 0 Å². The van der Waals surface area contributed by atoms with E-state index in [9.17, 15) is 0 Å². The molecule has 0 atom stereocenters. The normalized spacial score (nSPS) is 22.9. The Morgan fingerprint density at radius 2 is 1.95 bits per heavy atom. The van der Waals surface area contributed by atoms with Crippen LogP contribution < -0.4 is 5.32 Å². The van der Waals surface area contributed by atoms with Crippen LogP contribution in [0.1, 0.15) is 25.7 Å². The summed E-state index contributed by atoms with van der Waals surface area (Å²) in [6.45, 7) is 1.01. The fourth-order valence-electron chi connectivity index (χ4n) is 2.86. The van der Waals surface area contributed by atoms with E-state index in [-0.39, 0.29) is 0 Å². The minimum Gasteiger partial charge on any atom is -0.384 e. The second-order valence-corrected chi connectivity index (χ2v) is 6.57. The molecule has 0 radical (unpaired) electrons. The van der Waals surface area contributed by atoms with E-state index in [0.717, 1.165) is 46.9 Å². The van der Waals surface area contributed by atoms with Crippen molar-refractivity contribution in [2.75, 3.05) is 11.9 Å². The van der Waals surface area contributed by atoms with Gasteiger partial charge in [-0.1, -0.05) is 11.6 Å². The molecule has 4 heteroatoms. The van der Waals surface area contributed by atoms with E-state index < -0.39 is 0 Å². The summed E-state index contributed by atoms with van der Waals surface area (Å²) >= 11 is 12.2. The van der Waals surface area contributed by atoms with Gasteiger partial charge in [0.15, 0.2) is 0 Å². The second kappa shape index (κ2) is 6.19. The lowest BCUT2D eigenvalue weighted by atomic mass is 9.89. The summed E-state index contributed by atoms with van der Waals surface area (Å²) in [4.78, 5) is 4.37. The third-order valence-corrected chi connectivity index (χ3v) is 4.73. The number of aromatic nitrogens is 1. The van der Waals surface area contributed by atoms with Crippen LogP contribution in [0.25, 0.3) is 10.9 Å². The Morgan fingerprint density at radius 1 is 1.15 bits per heavy atom. The maximum atomic E-state index is 6.15. The first-order chi connectivity index (χ1) is 9.72. The number of pyridine rings is 1. The van der Waals surface area contributed by atoms with Crippen LogP contribution in [0, 0.1) is 5.92 Å². The van der Waals surface area contributed by atoms with Crippen LogP contribution in [0.3, 0.4) is 0 Å². The molecule has 2 aromatic rings. The van der Waals surface area contributed by atoms with Gasteiger partial charge in [0.25, 0.3) is 0 Å². The van der Waals surface area contributed by atoms with Gasteiger partial charge in [0, 0.05) is 34.2 Å². The summed E-state index contributed by atoms with van der Waals surface area (Å²) < 4.78 is 0. The lowest BCUT2D eigenvalue weighted by Crippen LogP contribution is -2.21. The first kappa shape index (κ1) is 14.0. The predicted octanol–water partition coefficient (Wildman–Crippen LogP) is 5.10. The molecule has 1 saturated carbocycles. The maximum absolute atomic E-state index is 6.15. The highest BCUT2D eigenvalue weighted by Gasteiger charge is 2.19. The van der Waals surface area contributed by atoms with Gasteiger partial charge in [-0.3, -0.25) is 4.98 Å². The van der Waals surface area contributed by atoms with Crippen molar-refractivity contribution in [1.82, 2.24) is 4.98 Å². The quantitative estimate of drug-likeness (QED) is 0.798. The molecule has 0 spiro atoms. The van der Waals surface area contributed by atoms with E-state index in [1.165, 1.54) is 12.8 Å². The lowest BCUT2D eigenvalue weighted by molar-refractivity contribution is 0.378. The number of nitrogens with one attached hydrogen (secondary N) is 1. The predicted molar refractivity (Wildman–Crippen MR) is 86.8 cm³/mol. The average molecular weight is 309 g/mol. The molecule has 20 heavy (non-hydrogen) atoms. The molecule has 0 saturated heterocycles. The number of anilines is 1.